The van der Waals surface area contributed by atoms with Crippen LogP contribution in [0.25, 0.3) is 47.9 Å². The van der Waals surface area contributed by atoms with Crippen LogP contribution in [0.15, 0.2) is 82.3 Å². The Morgan fingerprint density at radius 1 is 0.852 bits per heavy atom. The molecule has 6 rings (SSSR count). The number of hydrogen-bond acceptors (Lipinski definition) is 4. The van der Waals surface area contributed by atoms with Gasteiger partial charge in [-0.1, -0.05) is 30.3 Å². The summed E-state index contributed by atoms with van der Waals surface area (Å²) in [7, 11) is 0. The fourth-order valence-corrected chi connectivity index (χ4v) is 4.80. The quantitative estimate of drug-likeness (QED) is 0.360. The first-order valence-electron chi connectivity index (χ1n) is 8.60. The van der Waals surface area contributed by atoms with Crippen LogP contribution < -0.4 is 5.63 Å². The Kier molecular flexibility index (Phi) is 2.88. The van der Waals surface area contributed by atoms with Crippen LogP contribution in [-0.4, -0.2) is 9.55 Å². The summed E-state index contributed by atoms with van der Waals surface area (Å²) < 4.78 is 9.90. The molecule has 0 aliphatic rings. The molecule has 0 amide bonds. The van der Waals surface area contributed by atoms with E-state index >= 15 is 0 Å². The fourth-order valence-electron chi connectivity index (χ4n) is 3.71. The molecule has 3 aromatic heterocycles. The van der Waals surface area contributed by atoms with E-state index in [-0.39, 0.29) is 0 Å². The molecule has 0 fully saturated rings. The highest BCUT2D eigenvalue weighted by atomic mass is 32.1. The third kappa shape index (κ3) is 2.03. The van der Waals surface area contributed by atoms with Gasteiger partial charge in [-0.05, 0) is 36.4 Å². The van der Waals surface area contributed by atoms with Crippen molar-refractivity contribution in [2.45, 2.75) is 0 Å². The maximum Gasteiger partial charge on any atom is 0.364 e. The molecule has 0 radical (unpaired) electrons. The Morgan fingerprint density at radius 3 is 2.56 bits per heavy atom. The largest absolute Gasteiger partial charge is 0.421 e. The van der Waals surface area contributed by atoms with E-state index in [1.165, 1.54) is 20.2 Å². The summed E-state index contributed by atoms with van der Waals surface area (Å²) in [6.07, 6.45) is 1.70. The van der Waals surface area contributed by atoms with Crippen LogP contribution in [-0.2, 0) is 0 Å². The molecule has 3 heterocycles. The van der Waals surface area contributed by atoms with Gasteiger partial charge in [0.15, 0.2) is 5.52 Å². The Morgan fingerprint density at radius 2 is 1.63 bits per heavy atom. The zero-order chi connectivity index (χ0) is 18.0. The molecular formula is C22H12N2O2S. The maximum absolute atomic E-state index is 12.3. The zero-order valence-corrected chi connectivity index (χ0v) is 14.9. The molecule has 0 aliphatic carbocycles. The maximum atomic E-state index is 12.3. The normalized spacial score (nSPS) is 11.9. The number of aromatic nitrogens is 2. The van der Waals surface area contributed by atoms with Crippen molar-refractivity contribution in [2.24, 2.45) is 0 Å². The number of rotatable bonds is 1. The van der Waals surface area contributed by atoms with Gasteiger partial charge in [-0.2, -0.15) is 0 Å². The molecule has 0 unspecified atom stereocenters. The lowest BCUT2D eigenvalue weighted by Crippen LogP contribution is -2.01. The van der Waals surface area contributed by atoms with Crippen LogP contribution in [0.3, 0.4) is 0 Å². The molecule has 0 spiro atoms. The van der Waals surface area contributed by atoms with E-state index in [4.69, 9.17) is 4.42 Å². The number of nitrogens with zero attached hydrogens (tertiary/aromatic N) is 2. The molecule has 3 aromatic carbocycles. The number of imidazole rings is 1. The molecule has 0 N–H and O–H groups in total. The van der Waals surface area contributed by atoms with E-state index < -0.39 is 5.63 Å². The molecule has 5 heteroatoms. The van der Waals surface area contributed by atoms with Crippen LogP contribution >= 0.6 is 11.3 Å². The number of hydrogen-bond donors (Lipinski definition) is 0. The first-order valence-corrected chi connectivity index (χ1v) is 9.42. The predicted octanol–water partition coefficient (Wildman–Crippen LogP) is 5.50. The second-order valence-electron chi connectivity index (χ2n) is 6.48. The molecule has 4 nitrogen and oxygen atoms in total. The lowest BCUT2D eigenvalue weighted by molar-refractivity contribution is 0.568. The van der Waals surface area contributed by atoms with Crippen LogP contribution in [0.5, 0.6) is 0 Å². The van der Waals surface area contributed by atoms with Gasteiger partial charge >= 0.3 is 5.63 Å². The zero-order valence-electron chi connectivity index (χ0n) is 14.0. The van der Waals surface area contributed by atoms with Crippen LogP contribution in [0.4, 0.5) is 0 Å². The summed E-state index contributed by atoms with van der Waals surface area (Å²) in [5.74, 6) is 0. The fraction of sp³-hybridized carbons (Fsp3) is 0. The number of para-hydroxylation sites is 1. The molecule has 128 valence electrons. The van der Waals surface area contributed by atoms with Crippen molar-refractivity contribution in [3.05, 3.63) is 83.5 Å². The van der Waals surface area contributed by atoms with Crippen molar-refractivity contribution < 1.29 is 4.42 Å². The molecule has 0 bridgehead atoms. The molecule has 0 aliphatic heterocycles. The second-order valence-corrected chi connectivity index (χ2v) is 7.56. The first-order chi connectivity index (χ1) is 13.3. The van der Waals surface area contributed by atoms with Crippen molar-refractivity contribution in [2.75, 3.05) is 0 Å². The number of benzene rings is 3. The summed E-state index contributed by atoms with van der Waals surface area (Å²) in [5.41, 5.74) is 2.26. The highest BCUT2D eigenvalue weighted by Crippen LogP contribution is 2.35. The molecule has 0 saturated carbocycles. The Balaban J connectivity index is 1.73. The minimum absolute atomic E-state index is 0.351. The minimum atomic E-state index is -0.412. The Hall–Kier alpha value is -3.44. The van der Waals surface area contributed by atoms with Gasteiger partial charge in [0, 0.05) is 31.2 Å². The van der Waals surface area contributed by atoms with E-state index in [2.05, 4.69) is 47.4 Å². The van der Waals surface area contributed by atoms with E-state index in [9.17, 15) is 4.79 Å². The number of fused-ring (bicyclic) bond motifs is 6. The Bertz CT molecular complexity index is 1560. The third-order valence-corrected chi connectivity index (χ3v) is 6.10. The second kappa shape index (κ2) is 5.28. The SMILES string of the molecule is O=c1oc2ccccc2c2c1ncn2-c1ccc2sc3ccccc3c2c1. The van der Waals surface area contributed by atoms with Crippen molar-refractivity contribution in [1.82, 2.24) is 9.55 Å². The van der Waals surface area contributed by atoms with E-state index in [1.54, 1.807) is 17.7 Å². The van der Waals surface area contributed by atoms with Gasteiger partial charge in [0.1, 0.15) is 11.9 Å². The van der Waals surface area contributed by atoms with E-state index in [1.807, 2.05) is 28.8 Å². The van der Waals surface area contributed by atoms with Gasteiger partial charge in [-0.25, -0.2) is 9.78 Å². The first kappa shape index (κ1) is 14.7. The van der Waals surface area contributed by atoms with Crippen LogP contribution in [0.1, 0.15) is 0 Å². The van der Waals surface area contributed by atoms with Crippen molar-refractivity contribution in [1.29, 1.82) is 0 Å². The topological polar surface area (TPSA) is 48.0 Å². The molecular weight excluding hydrogens is 356 g/mol. The monoisotopic (exact) mass is 368 g/mol. The number of thiophene rings is 1. The Labute approximate surface area is 156 Å². The van der Waals surface area contributed by atoms with Crippen molar-refractivity contribution in [3.8, 4) is 5.69 Å². The summed E-state index contributed by atoms with van der Waals surface area (Å²) >= 11 is 1.79. The minimum Gasteiger partial charge on any atom is -0.421 e. The average molecular weight is 368 g/mol. The van der Waals surface area contributed by atoms with Crippen molar-refractivity contribution >= 4 is 53.5 Å². The molecule has 0 atom stereocenters. The van der Waals surface area contributed by atoms with Gasteiger partial charge in [0.25, 0.3) is 0 Å². The highest BCUT2D eigenvalue weighted by Gasteiger charge is 2.15. The molecule has 6 aromatic rings. The van der Waals surface area contributed by atoms with Gasteiger partial charge in [0.2, 0.25) is 0 Å². The third-order valence-electron chi connectivity index (χ3n) is 4.94. The van der Waals surface area contributed by atoms with Crippen LogP contribution in [0, 0.1) is 0 Å². The standard InChI is InChI=1S/C22H12N2O2S/c25-22-20-21(15-6-1-3-7-17(15)26-22)24(12-23-20)13-9-10-19-16(11-13)14-5-2-4-8-18(14)27-19/h1-12H. The van der Waals surface area contributed by atoms with Gasteiger partial charge in [-0.3, -0.25) is 4.57 Å². The summed E-state index contributed by atoms with van der Waals surface area (Å²) in [6, 6.07) is 22.4. The lowest BCUT2D eigenvalue weighted by atomic mass is 10.1. The predicted molar refractivity (Wildman–Crippen MR) is 110 cm³/mol. The summed E-state index contributed by atoms with van der Waals surface area (Å²) in [5, 5.41) is 3.33. The van der Waals surface area contributed by atoms with Gasteiger partial charge in [0.05, 0.1) is 5.52 Å². The highest BCUT2D eigenvalue weighted by molar-refractivity contribution is 7.25. The summed E-state index contributed by atoms with van der Waals surface area (Å²) in [4.78, 5) is 16.7. The summed E-state index contributed by atoms with van der Waals surface area (Å²) in [6.45, 7) is 0. The average Bonchev–Trinajstić information content (AvgIpc) is 3.30. The van der Waals surface area contributed by atoms with Gasteiger partial charge < -0.3 is 4.42 Å². The van der Waals surface area contributed by atoms with Gasteiger partial charge in [-0.15, -0.1) is 11.3 Å². The van der Waals surface area contributed by atoms with E-state index in [0.29, 0.717) is 11.1 Å². The smallest absolute Gasteiger partial charge is 0.364 e. The van der Waals surface area contributed by atoms with E-state index in [0.717, 1.165) is 16.6 Å². The van der Waals surface area contributed by atoms with Crippen LogP contribution in [0.2, 0.25) is 0 Å². The molecule has 27 heavy (non-hydrogen) atoms. The molecule has 0 saturated heterocycles. The van der Waals surface area contributed by atoms with Crippen molar-refractivity contribution in [3.63, 3.8) is 0 Å². The lowest BCUT2D eigenvalue weighted by Gasteiger charge is -2.06.